The fourth-order valence-corrected chi connectivity index (χ4v) is 7.13. The SMILES string of the molecule is Clc1cc2c(c3ccccc13)c1cc(-c3ccc4sc5ccccc5c4c3)ccc1n2-c1ccccc1. The van der Waals surface area contributed by atoms with E-state index in [-0.39, 0.29) is 0 Å². The van der Waals surface area contributed by atoms with Crippen molar-refractivity contribution in [3.8, 4) is 16.8 Å². The number of halogens is 1. The molecule has 3 heteroatoms. The van der Waals surface area contributed by atoms with Gasteiger partial charge in [0.2, 0.25) is 0 Å². The van der Waals surface area contributed by atoms with Gasteiger partial charge in [0.1, 0.15) is 0 Å². The number of hydrogen-bond donors (Lipinski definition) is 0. The number of nitrogens with zero attached hydrogens (tertiary/aromatic N) is 1. The van der Waals surface area contributed by atoms with Gasteiger partial charge in [-0.05, 0) is 65.0 Å². The third kappa shape index (κ3) is 3.10. The Kier molecular flexibility index (Phi) is 4.51. The van der Waals surface area contributed by atoms with Gasteiger partial charge in [0.05, 0.1) is 16.1 Å². The largest absolute Gasteiger partial charge is 0.309 e. The molecule has 0 spiro atoms. The summed E-state index contributed by atoms with van der Waals surface area (Å²) < 4.78 is 4.99. The fourth-order valence-electron chi connectivity index (χ4n) is 5.78. The van der Waals surface area contributed by atoms with Crippen LogP contribution in [0.4, 0.5) is 0 Å². The van der Waals surface area contributed by atoms with E-state index in [9.17, 15) is 0 Å². The Bertz CT molecular complexity index is 2150. The van der Waals surface area contributed by atoms with Crippen molar-refractivity contribution in [2.24, 2.45) is 0 Å². The van der Waals surface area contributed by atoms with Gasteiger partial charge >= 0.3 is 0 Å². The lowest BCUT2D eigenvalue weighted by atomic mass is 9.99. The predicted octanol–water partition coefficient (Wildman–Crippen LogP) is 10.6. The van der Waals surface area contributed by atoms with Crippen molar-refractivity contribution in [3.63, 3.8) is 0 Å². The van der Waals surface area contributed by atoms with Gasteiger partial charge in [-0.1, -0.05) is 84.4 Å². The minimum Gasteiger partial charge on any atom is -0.309 e. The lowest BCUT2D eigenvalue weighted by Gasteiger charge is -2.09. The number of rotatable bonds is 2. The maximum Gasteiger partial charge on any atom is 0.0562 e. The highest BCUT2D eigenvalue weighted by Crippen LogP contribution is 2.42. The molecule has 0 amide bonds. The summed E-state index contributed by atoms with van der Waals surface area (Å²) in [4.78, 5) is 0. The summed E-state index contributed by atoms with van der Waals surface area (Å²) in [7, 11) is 0. The normalized spacial score (nSPS) is 11.9. The molecule has 174 valence electrons. The highest BCUT2D eigenvalue weighted by molar-refractivity contribution is 7.25. The van der Waals surface area contributed by atoms with Crippen LogP contribution < -0.4 is 0 Å². The molecule has 1 nitrogen and oxygen atoms in total. The molecule has 0 aliphatic rings. The molecule has 0 saturated carbocycles. The van der Waals surface area contributed by atoms with Crippen LogP contribution in [-0.2, 0) is 0 Å². The van der Waals surface area contributed by atoms with Crippen molar-refractivity contribution < 1.29 is 0 Å². The van der Waals surface area contributed by atoms with Crippen LogP contribution in [0.1, 0.15) is 0 Å². The molecule has 0 unspecified atom stereocenters. The van der Waals surface area contributed by atoms with Gasteiger partial charge in [-0.2, -0.15) is 0 Å². The maximum atomic E-state index is 6.83. The zero-order chi connectivity index (χ0) is 24.5. The van der Waals surface area contributed by atoms with Gasteiger partial charge in [-0.25, -0.2) is 0 Å². The van der Waals surface area contributed by atoms with Crippen LogP contribution in [0, 0.1) is 0 Å². The van der Waals surface area contributed by atoms with Crippen LogP contribution in [0.3, 0.4) is 0 Å². The van der Waals surface area contributed by atoms with E-state index in [2.05, 4.69) is 126 Å². The number of fused-ring (bicyclic) bond motifs is 8. The minimum absolute atomic E-state index is 0.776. The molecular weight excluding hydrogens is 490 g/mol. The summed E-state index contributed by atoms with van der Waals surface area (Å²) >= 11 is 8.69. The first kappa shape index (κ1) is 21.0. The summed E-state index contributed by atoms with van der Waals surface area (Å²) in [5.41, 5.74) is 5.89. The third-order valence-corrected chi connectivity index (χ3v) is 8.91. The average molecular weight is 510 g/mol. The van der Waals surface area contributed by atoms with Crippen molar-refractivity contribution in [2.45, 2.75) is 0 Å². The Balaban J connectivity index is 1.46. The van der Waals surface area contributed by atoms with Gasteiger partial charge in [0, 0.05) is 42.0 Å². The van der Waals surface area contributed by atoms with E-state index >= 15 is 0 Å². The Morgan fingerprint density at radius 1 is 0.486 bits per heavy atom. The predicted molar refractivity (Wildman–Crippen MR) is 162 cm³/mol. The third-order valence-electron chi connectivity index (χ3n) is 7.45. The monoisotopic (exact) mass is 509 g/mol. The van der Waals surface area contributed by atoms with Crippen LogP contribution in [0.15, 0.2) is 121 Å². The lowest BCUT2D eigenvalue weighted by Crippen LogP contribution is -1.93. The zero-order valence-corrected chi connectivity index (χ0v) is 21.4. The van der Waals surface area contributed by atoms with Crippen molar-refractivity contribution in [2.75, 3.05) is 0 Å². The molecule has 8 aromatic rings. The van der Waals surface area contributed by atoms with Crippen molar-refractivity contribution in [3.05, 3.63) is 126 Å². The van der Waals surface area contributed by atoms with Gasteiger partial charge in [0.25, 0.3) is 0 Å². The summed E-state index contributed by atoms with van der Waals surface area (Å²) in [6.45, 7) is 0. The first-order valence-corrected chi connectivity index (χ1v) is 13.6. The van der Waals surface area contributed by atoms with E-state index in [1.807, 2.05) is 11.3 Å². The van der Waals surface area contributed by atoms with Crippen LogP contribution >= 0.6 is 22.9 Å². The van der Waals surface area contributed by atoms with E-state index < -0.39 is 0 Å². The molecule has 8 rings (SSSR count). The molecule has 0 N–H and O–H groups in total. The smallest absolute Gasteiger partial charge is 0.0562 e. The quantitative estimate of drug-likeness (QED) is 0.218. The van der Waals surface area contributed by atoms with Crippen molar-refractivity contribution in [1.82, 2.24) is 4.57 Å². The number of para-hydroxylation sites is 1. The summed E-state index contributed by atoms with van der Waals surface area (Å²) in [5.74, 6) is 0. The van der Waals surface area contributed by atoms with E-state index in [4.69, 9.17) is 11.6 Å². The highest BCUT2D eigenvalue weighted by Gasteiger charge is 2.17. The first-order valence-electron chi connectivity index (χ1n) is 12.4. The number of aromatic nitrogens is 1. The molecule has 2 aromatic heterocycles. The van der Waals surface area contributed by atoms with E-state index in [0.29, 0.717) is 0 Å². The van der Waals surface area contributed by atoms with Crippen molar-refractivity contribution in [1.29, 1.82) is 0 Å². The van der Waals surface area contributed by atoms with E-state index in [1.165, 1.54) is 53.0 Å². The summed E-state index contributed by atoms with van der Waals surface area (Å²) in [6.07, 6.45) is 0. The molecule has 0 fully saturated rings. The van der Waals surface area contributed by atoms with E-state index in [1.54, 1.807) is 0 Å². The molecule has 37 heavy (non-hydrogen) atoms. The second-order valence-corrected chi connectivity index (χ2v) is 11.0. The Morgan fingerprint density at radius 2 is 1.14 bits per heavy atom. The molecule has 0 atom stereocenters. The molecule has 2 heterocycles. The molecule has 6 aromatic carbocycles. The Hall–Kier alpha value is -4.11. The van der Waals surface area contributed by atoms with Gasteiger partial charge in [-0.15, -0.1) is 11.3 Å². The topological polar surface area (TPSA) is 4.93 Å². The second kappa shape index (κ2) is 7.94. The van der Waals surface area contributed by atoms with Gasteiger partial charge in [-0.3, -0.25) is 0 Å². The van der Waals surface area contributed by atoms with Crippen molar-refractivity contribution >= 4 is 75.7 Å². The Labute approximate surface area is 222 Å². The standard InChI is InChI=1S/C34H20ClNS/c35-29-20-31-34(26-12-5-4-10-24(26)29)28-19-21(14-16-30(28)36(31)23-8-2-1-3-9-23)22-15-17-33-27(18-22)25-11-6-7-13-32(25)37-33/h1-20H. The molecule has 0 saturated heterocycles. The van der Waals surface area contributed by atoms with Gasteiger partial charge in [0.15, 0.2) is 0 Å². The average Bonchev–Trinajstić information content (AvgIpc) is 3.48. The molecule has 0 aliphatic carbocycles. The van der Waals surface area contributed by atoms with Crippen LogP contribution in [-0.4, -0.2) is 4.57 Å². The highest BCUT2D eigenvalue weighted by atomic mass is 35.5. The van der Waals surface area contributed by atoms with Gasteiger partial charge < -0.3 is 4.57 Å². The van der Waals surface area contributed by atoms with Crippen LogP contribution in [0.2, 0.25) is 5.02 Å². The number of benzene rings is 6. The maximum absolute atomic E-state index is 6.83. The number of hydrogen-bond acceptors (Lipinski definition) is 1. The van der Waals surface area contributed by atoms with Crippen LogP contribution in [0.5, 0.6) is 0 Å². The zero-order valence-electron chi connectivity index (χ0n) is 19.8. The number of thiophene rings is 1. The summed E-state index contributed by atoms with van der Waals surface area (Å²) in [5, 5.41) is 8.16. The molecule has 0 bridgehead atoms. The minimum atomic E-state index is 0.776. The van der Waals surface area contributed by atoms with E-state index in [0.717, 1.165) is 21.6 Å². The molecular formula is C34H20ClNS. The molecule has 0 radical (unpaired) electrons. The molecule has 0 aliphatic heterocycles. The lowest BCUT2D eigenvalue weighted by molar-refractivity contribution is 1.18. The summed E-state index contributed by atoms with van der Waals surface area (Å²) in [6, 6.07) is 43.5. The second-order valence-electron chi connectivity index (χ2n) is 9.51. The Morgan fingerprint density at radius 3 is 1.97 bits per heavy atom. The fraction of sp³-hybridized carbons (Fsp3) is 0. The van der Waals surface area contributed by atoms with Crippen LogP contribution in [0.25, 0.3) is 69.6 Å². The first-order chi connectivity index (χ1) is 18.3.